The number of carbonyl (C=O) groups is 2. The van der Waals surface area contributed by atoms with Crippen molar-refractivity contribution in [1.82, 2.24) is 5.32 Å². The minimum atomic E-state index is -0.664. The van der Waals surface area contributed by atoms with E-state index in [9.17, 15) is 9.59 Å². The fraction of sp³-hybridized carbons (Fsp3) is 0.652. The summed E-state index contributed by atoms with van der Waals surface area (Å²) < 4.78 is 10.3. The molecule has 1 fully saturated rings. The van der Waals surface area contributed by atoms with Crippen molar-refractivity contribution in [3.05, 3.63) is 29.8 Å². The normalized spacial score (nSPS) is 19.6. The zero-order valence-corrected chi connectivity index (χ0v) is 18.6. The SMILES string of the molecule is CCOc1ccc(C[C@H](NC(=O)C2CCC(C(C)C)CC2)C(=O)OC)cc1.CN. The fourth-order valence-corrected chi connectivity index (χ4v) is 3.80. The molecular weight excluding hydrogens is 368 g/mol. The van der Waals surface area contributed by atoms with Crippen LogP contribution in [0.1, 0.15) is 52.0 Å². The van der Waals surface area contributed by atoms with Crippen molar-refractivity contribution >= 4 is 11.9 Å². The number of amides is 1. The highest BCUT2D eigenvalue weighted by Gasteiger charge is 2.30. The minimum absolute atomic E-state index is 0.00696. The van der Waals surface area contributed by atoms with Crippen LogP contribution in [-0.4, -0.2) is 38.7 Å². The lowest BCUT2D eigenvalue weighted by Gasteiger charge is -2.31. The molecule has 1 aliphatic rings. The molecule has 0 unspecified atom stereocenters. The molecule has 6 heteroatoms. The van der Waals surface area contributed by atoms with Gasteiger partial charge in [-0.25, -0.2) is 4.79 Å². The van der Waals surface area contributed by atoms with Gasteiger partial charge in [-0.3, -0.25) is 4.79 Å². The summed E-state index contributed by atoms with van der Waals surface area (Å²) in [4.78, 5) is 24.9. The molecule has 2 rings (SSSR count). The van der Waals surface area contributed by atoms with Crippen molar-refractivity contribution in [1.29, 1.82) is 0 Å². The van der Waals surface area contributed by atoms with Crippen LogP contribution < -0.4 is 15.8 Å². The molecule has 0 radical (unpaired) electrons. The summed E-state index contributed by atoms with van der Waals surface area (Å²) in [6.07, 6.45) is 4.36. The van der Waals surface area contributed by atoms with Gasteiger partial charge < -0.3 is 20.5 Å². The molecule has 164 valence electrons. The van der Waals surface area contributed by atoms with Crippen molar-refractivity contribution in [3.63, 3.8) is 0 Å². The predicted molar refractivity (Wildman–Crippen MR) is 116 cm³/mol. The number of hydrogen-bond donors (Lipinski definition) is 2. The molecule has 0 heterocycles. The van der Waals surface area contributed by atoms with Crippen molar-refractivity contribution in [2.24, 2.45) is 23.5 Å². The van der Waals surface area contributed by atoms with Crippen LogP contribution in [0.25, 0.3) is 0 Å². The molecule has 0 aromatic heterocycles. The molecule has 1 aliphatic carbocycles. The Morgan fingerprint density at radius 1 is 1.10 bits per heavy atom. The van der Waals surface area contributed by atoms with Gasteiger partial charge >= 0.3 is 5.97 Å². The average molecular weight is 407 g/mol. The van der Waals surface area contributed by atoms with Crippen LogP contribution in [0, 0.1) is 17.8 Å². The van der Waals surface area contributed by atoms with Gasteiger partial charge in [0.25, 0.3) is 0 Å². The summed E-state index contributed by atoms with van der Waals surface area (Å²) >= 11 is 0. The second-order valence-electron chi connectivity index (χ2n) is 7.72. The number of carbonyl (C=O) groups excluding carboxylic acids is 2. The number of nitrogens with two attached hydrogens (primary N) is 1. The molecule has 29 heavy (non-hydrogen) atoms. The third-order valence-electron chi connectivity index (χ3n) is 5.56. The van der Waals surface area contributed by atoms with Crippen molar-refractivity contribution in [2.45, 2.75) is 58.9 Å². The lowest BCUT2D eigenvalue weighted by molar-refractivity contribution is -0.145. The highest BCUT2D eigenvalue weighted by molar-refractivity contribution is 5.86. The maximum Gasteiger partial charge on any atom is 0.328 e. The maximum atomic E-state index is 12.7. The molecule has 1 aromatic carbocycles. The molecule has 1 saturated carbocycles. The van der Waals surface area contributed by atoms with Crippen molar-refractivity contribution in [3.8, 4) is 5.75 Å². The van der Waals surface area contributed by atoms with E-state index in [1.54, 1.807) is 0 Å². The number of hydrogen-bond acceptors (Lipinski definition) is 5. The van der Waals surface area contributed by atoms with Crippen molar-refractivity contribution < 1.29 is 19.1 Å². The lowest BCUT2D eigenvalue weighted by Crippen LogP contribution is -2.46. The molecular formula is C23H38N2O4. The number of benzene rings is 1. The van der Waals surface area contributed by atoms with Crippen LogP contribution in [0.2, 0.25) is 0 Å². The van der Waals surface area contributed by atoms with Gasteiger partial charge in [-0.15, -0.1) is 0 Å². The number of esters is 1. The van der Waals surface area contributed by atoms with E-state index in [0.29, 0.717) is 24.9 Å². The molecule has 6 nitrogen and oxygen atoms in total. The maximum absolute atomic E-state index is 12.7. The second-order valence-corrected chi connectivity index (χ2v) is 7.72. The summed E-state index contributed by atoms with van der Waals surface area (Å²) in [5, 5.41) is 2.93. The Hall–Kier alpha value is -2.08. The van der Waals surface area contributed by atoms with E-state index < -0.39 is 12.0 Å². The monoisotopic (exact) mass is 406 g/mol. The Labute approximate surface area is 175 Å². The number of nitrogens with one attached hydrogen (secondary N) is 1. The second kappa shape index (κ2) is 13.2. The third kappa shape index (κ3) is 8.05. The quantitative estimate of drug-likeness (QED) is 0.646. The fourth-order valence-electron chi connectivity index (χ4n) is 3.80. The van der Waals surface area contributed by atoms with Gasteiger partial charge in [-0.05, 0) is 69.2 Å². The standard InChI is InChI=1S/C22H33NO4.CH5N/c1-5-27-19-12-6-16(7-13-19)14-20(22(25)26-4)23-21(24)18-10-8-17(9-11-18)15(2)3;1-2/h6-7,12-13,15,17-18,20H,5,8-11,14H2,1-4H3,(H,23,24);2H2,1H3/t17?,18?,20-;/m0./s1. The van der Waals surface area contributed by atoms with Crippen LogP contribution in [0.3, 0.4) is 0 Å². The van der Waals surface area contributed by atoms with E-state index in [0.717, 1.165) is 37.0 Å². The highest BCUT2D eigenvalue weighted by atomic mass is 16.5. The molecule has 0 bridgehead atoms. The van der Waals surface area contributed by atoms with Gasteiger partial charge in [0.15, 0.2) is 0 Å². The van der Waals surface area contributed by atoms with E-state index in [1.807, 2.05) is 31.2 Å². The van der Waals surface area contributed by atoms with Gasteiger partial charge in [-0.2, -0.15) is 0 Å². The van der Waals surface area contributed by atoms with E-state index in [1.165, 1.54) is 14.2 Å². The molecule has 0 saturated heterocycles. The Morgan fingerprint density at radius 3 is 2.17 bits per heavy atom. The summed E-state index contributed by atoms with van der Waals surface area (Å²) in [6, 6.07) is 6.93. The first kappa shape index (κ1) is 25.0. The lowest BCUT2D eigenvalue weighted by atomic mass is 9.76. The van der Waals surface area contributed by atoms with E-state index >= 15 is 0 Å². The first-order valence-corrected chi connectivity index (χ1v) is 10.6. The van der Waals surface area contributed by atoms with E-state index in [2.05, 4.69) is 24.9 Å². The summed E-state index contributed by atoms with van der Waals surface area (Å²) in [5.41, 5.74) is 5.46. The Bertz CT molecular complexity index is 608. The first-order valence-electron chi connectivity index (χ1n) is 10.6. The largest absolute Gasteiger partial charge is 0.494 e. The molecule has 1 amide bonds. The zero-order chi connectivity index (χ0) is 21.8. The topological polar surface area (TPSA) is 90.6 Å². The van der Waals surface area contributed by atoms with Gasteiger partial charge in [0.2, 0.25) is 5.91 Å². The van der Waals surface area contributed by atoms with Crippen LogP contribution in [-0.2, 0) is 20.7 Å². The Balaban J connectivity index is 0.00000204. The number of ether oxygens (including phenoxy) is 2. The van der Waals surface area contributed by atoms with Crippen LogP contribution in [0.5, 0.6) is 5.75 Å². The Kier molecular flexibility index (Phi) is 11.4. The smallest absolute Gasteiger partial charge is 0.328 e. The van der Waals surface area contributed by atoms with Crippen LogP contribution in [0.15, 0.2) is 24.3 Å². The van der Waals surface area contributed by atoms with Crippen molar-refractivity contribution in [2.75, 3.05) is 20.8 Å². The first-order chi connectivity index (χ1) is 13.9. The highest BCUT2D eigenvalue weighted by Crippen LogP contribution is 2.33. The van der Waals surface area contributed by atoms with Gasteiger partial charge in [0, 0.05) is 12.3 Å². The van der Waals surface area contributed by atoms with Crippen LogP contribution >= 0.6 is 0 Å². The minimum Gasteiger partial charge on any atom is -0.494 e. The van der Waals surface area contributed by atoms with E-state index in [4.69, 9.17) is 9.47 Å². The van der Waals surface area contributed by atoms with Crippen LogP contribution in [0.4, 0.5) is 0 Å². The van der Waals surface area contributed by atoms with Gasteiger partial charge in [0.1, 0.15) is 11.8 Å². The molecule has 0 aliphatic heterocycles. The molecule has 1 atom stereocenters. The van der Waals surface area contributed by atoms with Gasteiger partial charge in [0.05, 0.1) is 13.7 Å². The van der Waals surface area contributed by atoms with E-state index in [-0.39, 0.29) is 11.8 Å². The Morgan fingerprint density at radius 2 is 1.69 bits per heavy atom. The molecule has 0 spiro atoms. The number of rotatable bonds is 8. The third-order valence-corrected chi connectivity index (χ3v) is 5.56. The summed E-state index contributed by atoms with van der Waals surface area (Å²) in [5.74, 6) is 1.71. The summed E-state index contributed by atoms with van der Waals surface area (Å²) in [6.45, 7) is 7.04. The molecule has 3 N–H and O–H groups in total. The predicted octanol–water partition coefficient (Wildman–Crippen LogP) is 3.32. The molecule has 1 aromatic rings. The average Bonchev–Trinajstić information content (AvgIpc) is 2.75. The number of methoxy groups -OCH3 is 1. The summed E-state index contributed by atoms with van der Waals surface area (Å²) in [7, 11) is 2.85. The van der Waals surface area contributed by atoms with Gasteiger partial charge in [-0.1, -0.05) is 26.0 Å². The zero-order valence-electron chi connectivity index (χ0n) is 18.6.